The maximum Gasteiger partial charge on any atom is 0.169 e. The van der Waals surface area contributed by atoms with Gasteiger partial charge in [0.15, 0.2) is 4.67 Å². The van der Waals surface area contributed by atoms with E-state index in [0.717, 1.165) is 10.4 Å². The lowest BCUT2D eigenvalue weighted by Gasteiger charge is -2.03. The minimum absolute atomic E-state index is 0.137. The van der Waals surface area contributed by atoms with Gasteiger partial charge in [-0.1, -0.05) is 0 Å². The fourth-order valence-electron chi connectivity index (χ4n) is 1.04. The SMILES string of the molecule is NC(c1coc(Br)c1)c1ccns1. The summed E-state index contributed by atoms with van der Waals surface area (Å²) in [5.74, 6) is 0. The van der Waals surface area contributed by atoms with Gasteiger partial charge in [-0.3, -0.25) is 0 Å². The smallest absolute Gasteiger partial charge is 0.169 e. The summed E-state index contributed by atoms with van der Waals surface area (Å²) in [5, 5.41) is 0. The molecule has 0 spiro atoms. The number of hydrogen-bond donors (Lipinski definition) is 1. The summed E-state index contributed by atoms with van der Waals surface area (Å²) in [6.07, 6.45) is 3.39. The van der Waals surface area contributed by atoms with Crippen molar-refractivity contribution in [2.45, 2.75) is 6.04 Å². The summed E-state index contributed by atoms with van der Waals surface area (Å²) < 4.78 is 9.80. The van der Waals surface area contributed by atoms with Crippen LogP contribution in [0, 0.1) is 0 Å². The van der Waals surface area contributed by atoms with Crippen LogP contribution < -0.4 is 5.73 Å². The van der Waals surface area contributed by atoms with Gasteiger partial charge < -0.3 is 10.2 Å². The van der Waals surface area contributed by atoms with Crippen LogP contribution >= 0.6 is 27.5 Å². The molecule has 0 fully saturated rings. The maximum absolute atomic E-state index is 5.96. The Kier molecular flexibility index (Phi) is 2.48. The van der Waals surface area contributed by atoms with Crippen molar-refractivity contribution < 1.29 is 4.42 Å². The molecule has 1 atom stereocenters. The summed E-state index contributed by atoms with van der Waals surface area (Å²) in [6.45, 7) is 0. The molecule has 0 aliphatic carbocycles. The Morgan fingerprint density at radius 3 is 3.00 bits per heavy atom. The van der Waals surface area contributed by atoms with Gasteiger partial charge in [-0.2, -0.15) is 0 Å². The van der Waals surface area contributed by atoms with Gasteiger partial charge in [-0.25, -0.2) is 4.37 Å². The molecular weight excluding hydrogens is 252 g/mol. The molecule has 13 heavy (non-hydrogen) atoms. The second-order valence-corrected chi connectivity index (χ2v) is 4.22. The number of nitrogens with two attached hydrogens (primary N) is 1. The summed E-state index contributed by atoms with van der Waals surface area (Å²) in [4.78, 5) is 1.04. The Balaban J connectivity index is 2.28. The quantitative estimate of drug-likeness (QED) is 0.901. The zero-order valence-electron chi connectivity index (χ0n) is 6.61. The largest absolute Gasteiger partial charge is 0.457 e. The average Bonchev–Trinajstić information content (AvgIpc) is 2.72. The van der Waals surface area contributed by atoms with Crippen LogP contribution in [0.5, 0.6) is 0 Å². The lowest BCUT2D eigenvalue weighted by Crippen LogP contribution is -2.08. The van der Waals surface area contributed by atoms with Crippen molar-refractivity contribution in [1.29, 1.82) is 0 Å². The zero-order valence-corrected chi connectivity index (χ0v) is 9.01. The van der Waals surface area contributed by atoms with Gasteiger partial charge in [-0.15, -0.1) is 0 Å². The van der Waals surface area contributed by atoms with Crippen molar-refractivity contribution in [1.82, 2.24) is 4.37 Å². The van der Waals surface area contributed by atoms with Crippen LogP contribution in [0.4, 0.5) is 0 Å². The van der Waals surface area contributed by atoms with Crippen LogP contribution in [0.15, 0.2) is 33.7 Å². The Labute approximate surface area is 87.9 Å². The van der Waals surface area contributed by atoms with Gasteiger partial charge >= 0.3 is 0 Å². The minimum Gasteiger partial charge on any atom is -0.457 e. The first-order chi connectivity index (χ1) is 6.27. The highest BCUT2D eigenvalue weighted by Gasteiger charge is 2.12. The van der Waals surface area contributed by atoms with E-state index in [0.29, 0.717) is 4.67 Å². The third-order valence-corrected chi connectivity index (χ3v) is 2.95. The number of furan rings is 1. The number of halogens is 1. The normalized spacial score (nSPS) is 13.1. The van der Waals surface area contributed by atoms with E-state index in [-0.39, 0.29) is 6.04 Å². The molecule has 0 amide bonds. The second kappa shape index (κ2) is 3.61. The van der Waals surface area contributed by atoms with Gasteiger partial charge in [-0.05, 0) is 39.6 Å². The van der Waals surface area contributed by atoms with Crippen molar-refractivity contribution >= 4 is 27.5 Å². The molecule has 0 radical (unpaired) electrons. The zero-order chi connectivity index (χ0) is 9.26. The van der Waals surface area contributed by atoms with Crippen LogP contribution in [0.3, 0.4) is 0 Å². The van der Waals surface area contributed by atoms with E-state index in [1.807, 2.05) is 12.1 Å². The van der Waals surface area contributed by atoms with E-state index < -0.39 is 0 Å². The Hall–Kier alpha value is -0.650. The molecule has 5 heteroatoms. The fourth-order valence-corrected chi connectivity index (χ4v) is 2.01. The molecule has 68 valence electrons. The molecule has 0 saturated carbocycles. The summed E-state index contributed by atoms with van der Waals surface area (Å²) in [6, 6.07) is 3.64. The van der Waals surface area contributed by atoms with E-state index in [1.165, 1.54) is 11.5 Å². The van der Waals surface area contributed by atoms with E-state index in [1.54, 1.807) is 12.5 Å². The Bertz CT molecular complexity index is 385. The van der Waals surface area contributed by atoms with Crippen LogP contribution in [-0.4, -0.2) is 4.37 Å². The molecule has 0 aliphatic rings. The molecule has 2 heterocycles. The van der Waals surface area contributed by atoms with E-state index in [9.17, 15) is 0 Å². The number of nitrogens with zero attached hydrogens (tertiary/aromatic N) is 1. The number of aromatic nitrogens is 1. The summed E-state index contributed by atoms with van der Waals surface area (Å²) >= 11 is 4.63. The van der Waals surface area contributed by atoms with Crippen LogP contribution in [0.1, 0.15) is 16.5 Å². The standard InChI is InChI=1S/C8H7BrN2OS/c9-7-3-5(4-12-7)8(10)6-1-2-11-13-6/h1-4,8H,10H2. The van der Waals surface area contributed by atoms with E-state index in [2.05, 4.69) is 20.3 Å². The average molecular weight is 259 g/mol. The second-order valence-electron chi connectivity index (χ2n) is 2.58. The van der Waals surface area contributed by atoms with Crippen molar-refractivity contribution in [2.75, 3.05) is 0 Å². The predicted molar refractivity (Wildman–Crippen MR) is 54.6 cm³/mol. The van der Waals surface area contributed by atoms with Crippen molar-refractivity contribution in [3.8, 4) is 0 Å². The van der Waals surface area contributed by atoms with Crippen molar-refractivity contribution in [2.24, 2.45) is 5.73 Å². The molecule has 0 saturated heterocycles. The van der Waals surface area contributed by atoms with E-state index in [4.69, 9.17) is 10.2 Å². The molecule has 0 aromatic carbocycles. The lowest BCUT2D eigenvalue weighted by molar-refractivity contribution is 0.537. The summed E-state index contributed by atoms with van der Waals surface area (Å²) in [5.41, 5.74) is 6.92. The lowest BCUT2D eigenvalue weighted by atomic mass is 10.1. The Morgan fingerprint density at radius 2 is 2.46 bits per heavy atom. The van der Waals surface area contributed by atoms with Gasteiger partial charge in [0.25, 0.3) is 0 Å². The highest BCUT2D eigenvalue weighted by Crippen LogP contribution is 2.25. The molecule has 1 unspecified atom stereocenters. The molecule has 3 nitrogen and oxygen atoms in total. The highest BCUT2D eigenvalue weighted by atomic mass is 79.9. The first-order valence-electron chi connectivity index (χ1n) is 3.67. The van der Waals surface area contributed by atoms with Crippen molar-refractivity contribution in [3.63, 3.8) is 0 Å². The van der Waals surface area contributed by atoms with Gasteiger partial charge in [0.2, 0.25) is 0 Å². The monoisotopic (exact) mass is 258 g/mol. The maximum atomic E-state index is 5.96. The van der Waals surface area contributed by atoms with Crippen LogP contribution in [0.2, 0.25) is 0 Å². The third kappa shape index (κ3) is 1.82. The fraction of sp³-hybridized carbons (Fsp3) is 0.125. The topological polar surface area (TPSA) is 52.0 Å². The molecule has 2 aromatic rings. The predicted octanol–water partition coefficient (Wildman–Crippen LogP) is 2.55. The molecule has 0 bridgehead atoms. The molecule has 2 N–H and O–H groups in total. The number of rotatable bonds is 2. The van der Waals surface area contributed by atoms with Crippen LogP contribution in [-0.2, 0) is 0 Å². The third-order valence-electron chi connectivity index (χ3n) is 1.71. The summed E-state index contributed by atoms with van der Waals surface area (Å²) in [7, 11) is 0. The van der Waals surface area contributed by atoms with Crippen LogP contribution in [0.25, 0.3) is 0 Å². The van der Waals surface area contributed by atoms with E-state index >= 15 is 0 Å². The molecule has 2 rings (SSSR count). The molecular formula is C8H7BrN2OS. The number of hydrogen-bond acceptors (Lipinski definition) is 4. The highest BCUT2D eigenvalue weighted by molar-refractivity contribution is 9.10. The van der Waals surface area contributed by atoms with Gasteiger partial charge in [0, 0.05) is 16.6 Å². The minimum atomic E-state index is -0.137. The first-order valence-corrected chi connectivity index (χ1v) is 5.24. The Morgan fingerprint density at radius 1 is 1.62 bits per heavy atom. The molecule has 2 aromatic heterocycles. The molecule has 0 aliphatic heterocycles. The van der Waals surface area contributed by atoms with Gasteiger partial charge in [0.1, 0.15) is 0 Å². The van der Waals surface area contributed by atoms with Gasteiger partial charge in [0.05, 0.1) is 12.3 Å². The first kappa shape index (κ1) is 8.93. The van der Waals surface area contributed by atoms with Crippen molar-refractivity contribution in [3.05, 3.63) is 39.7 Å².